The standard InChI is InChI=1S/C34H30F7N3O2/c1-20(23-11-26(33(36,37)38)15-27(12-23)34(39,40)41)46-30-19-44-29(32(30)22-7-9-28(35)10-8-22)13-24(14-31(44)45)25-16-42-43(18-25)17-21-5-3-2-4-6-21/h2-12,15-16,18,20,24,29-30,32H,13-14,17,19H2,1H3/t20-,24?,29?,30+,32?/m1/s1. The molecule has 242 valence electrons. The van der Waals surface area contributed by atoms with E-state index in [1.807, 2.05) is 36.5 Å². The molecule has 0 saturated carbocycles. The first-order valence-electron chi connectivity index (χ1n) is 14.8. The summed E-state index contributed by atoms with van der Waals surface area (Å²) in [6, 6.07) is 16.4. The van der Waals surface area contributed by atoms with Gasteiger partial charge >= 0.3 is 12.4 Å². The van der Waals surface area contributed by atoms with Crippen LogP contribution in [0.5, 0.6) is 0 Å². The Morgan fingerprint density at radius 1 is 0.913 bits per heavy atom. The summed E-state index contributed by atoms with van der Waals surface area (Å²) in [6.07, 6.45) is -7.61. The molecule has 3 aromatic carbocycles. The van der Waals surface area contributed by atoms with Gasteiger partial charge in [0.2, 0.25) is 5.91 Å². The Bertz CT molecular complexity index is 1650. The molecule has 0 radical (unpaired) electrons. The van der Waals surface area contributed by atoms with Crippen LogP contribution in [0.2, 0.25) is 0 Å². The lowest BCUT2D eigenvalue weighted by Gasteiger charge is -2.36. The van der Waals surface area contributed by atoms with Crippen LogP contribution in [0, 0.1) is 5.82 Å². The van der Waals surface area contributed by atoms with E-state index in [9.17, 15) is 35.5 Å². The number of piperidine rings is 1. The minimum Gasteiger partial charge on any atom is -0.368 e. The van der Waals surface area contributed by atoms with Crippen molar-refractivity contribution in [2.75, 3.05) is 6.54 Å². The second-order valence-corrected chi connectivity index (χ2v) is 11.9. The number of amides is 1. The smallest absolute Gasteiger partial charge is 0.368 e. The van der Waals surface area contributed by atoms with Gasteiger partial charge in [0, 0.05) is 31.1 Å². The Labute approximate surface area is 260 Å². The molecule has 2 aliphatic rings. The van der Waals surface area contributed by atoms with Gasteiger partial charge in [-0.2, -0.15) is 31.4 Å². The molecule has 4 aromatic rings. The van der Waals surface area contributed by atoms with E-state index in [-0.39, 0.29) is 36.4 Å². The number of hydrogen-bond acceptors (Lipinski definition) is 3. The zero-order valence-corrected chi connectivity index (χ0v) is 24.6. The summed E-state index contributed by atoms with van der Waals surface area (Å²) in [4.78, 5) is 15.2. The SMILES string of the molecule is C[C@@H](O[C@H]1CN2C(=O)CC(c3cnn(Cc4ccccc4)c3)CC2C1c1ccc(F)cc1)c1cc(C(F)(F)F)cc(C(F)(F)F)c1. The summed E-state index contributed by atoms with van der Waals surface area (Å²) in [5, 5.41) is 4.49. The Morgan fingerprint density at radius 3 is 2.20 bits per heavy atom. The number of carbonyl (C=O) groups excluding carboxylic acids is 1. The van der Waals surface area contributed by atoms with Crippen molar-refractivity contribution < 1.29 is 40.3 Å². The molecule has 3 unspecified atom stereocenters. The topological polar surface area (TPSA) is 47.4 Å². The average Bonchev–Trinajstić information content (AvgIpc) is 3.62. The fourth-order valence-electron chi connectivity index (χ4n) is 6.65. The van der Waals surface area contributed by atoms with Crippen LogP contribution in [0.15, 0.2) is 85.2 Å². The van der Waals surface area contributed by atoms with Gasteiger partial charge in [0.1, 0.15) is 5.82 Å². The number of hydrogen-bond donors (Lipinski definition) is 0. The molecule has 6 rings (SSSR count). The van der Waals surface area contributed by atoms with Crippen molar-refractivity contribution in [3.63, 3.8) is 0 Å². The maximum absolute atomic E-state index is 13.9. The van der Waals surface area contributed by atoms with Gasteiger partial charge in [-0.3, -0.25) is 9.48 Å². The normalized spacial score (nSPS) is 22.6. The molecule has 5 atom stereocenters. The maximum atomic E-state index is 13.9. The van der Waals surface area contributed by atoms with E-state index in [2.05, 4.69) is 5.10 Å². The van der Waals surface area contributed by atoms with Crippen LogP contribution < -0.4 is 0 Å². The molecule has 0 N–H and O–H groups in total. The van der Waals surface area contributed by atoms with Crippen molar-refractivity contribution in [2.24, 2.45) is 0 Å². The minimum absolute atomic E-state index is 0.0775. The van der Waals surface area contributed by atoms with Crippen LogP contribution in [-0.2, 0) is 28.4 Å². The second kappa shape index (κ2) is 12.2. The van der Waals surface area contributed by atoms with Gasteiger partial charge in [0.15, 0.2) is 0 Å². The molecule has 2 fully saturated rings. The highest BCUT2D eigenvalue weighted by Gasteiger charge is 2.50. The van der Waals surface area contributed by atoms with E-state index in [1.54, 1.807) is 27.9 Å². The summed E-state index contributed by atoms with van der Waals surface area (Å²) in [5.41, 5.74) is -0.565. The van der Waals surface area contributed by atoms with E-state index in [4.69, 9.17) is 4.74 Å². The first kappa shape index (κ1) is 31.8. The van der Waals surface area contributed by atoms with Crippen molar-refractivity contribution in [2.45, 2.75) is 68.7 Å². The van der Waals surface area contributed by atoms with E-state index in [0.29, 0.717) is 30.7 Å². The number of alkyl halides is 6. The van der Waals surface area contributed by atoms with Gasteiger partial charge < -0.3 is 9.64 Å². The summed E-state index contributed by atoms with van der Waals surface area (Å²) in [7, 11) is 0. The van der Waals surface area contributed by atoms with Crippen molar-refractivity contribution in [1.29, 1.82) is 0 Å². The maximum Gasteiger partial charge on any atom is 0.416 e. The van der Waals surface area contributed by atoms with E-state index >= 15 is 0 Å². The number of ether oxygens (including phenoxy) is 1. The first-order chi connectivity index (χ1) is 21.8. The number of fused-ring (bicyclic) bond motifs is 1. The van der Waals surface area contributed by atoms with Crippen LogP contribution in [-0.4, -0.2) is 39.3 Å². The molecule has 46 heavy (non-hydrogen) atoms. The lowest BCUT2D eigenvalue weighted by atomic mass is 9.80. The molecular weight excluding hydrogens is 615 g/mol. The van der Waals surface area contributed by atoms with Crippen LogP contribution in [0.4, 0.5) is 30.7 Å². The molecule has 2 saturated heterocycles. The predicted octanol–water partition coefficient (Wildman–Crippen LogP) is 8.13. The van der Waals surface area contributed by atoms with Crippen LogP contribution in [0.3, 0.4) is 0 Å². The van der Waals surface area contributed by atoms with E-state index in [0.717, 1.165) is 11.1 Å². The minimum atomic E-state index is -5.00. The fourth-order valence-corrected chi connectivity index (χ4v) is 6.65. The lowest BCUT2D eigenvalue weighted by molar-refractivity contribution is -0.143. The third-order valence-corrected chi connectivity index (χ3v) is 8.88. The zero-order valence-electron chi connectivity index (χ0n) is 24.6. The monoisotopic (exact) mass is 645 g/mol. The summed E-state index contributed by atoms with van der Waals surface area (Å²) < 4.78 is 103. The highest BCUT2D eigenvalue weighted by molar-refractivity contribution is 5.79. The molecule has 0 spiro atoms. The Hall–Kier alpha value is -4.19. The fraction of sp³-hybridized carbons (Fsp3) is 0.353. The summed E-state index contributed by atoms with van der Waals surface area (Å²) in [6.45, 7) is 2.02. The van der Waals surface area contributed by atoms with Gasteiger partial charge in [-0.05, 0) is 71.8 Å². The van der Waals surface area contributed by atoms with Gasteiger partial charge in [-0.1, -0.05) is 42.5 Å². The van der Waals surface area contributed by atoms with Crippen molar-refractivity contribution >= 4 is 5.91 Å². The van der Waals surface area contributed by atoms with Gasteiger partial charge in [-0.25, -0.2) is 4.39 Å². The summed E-state index contributed by atoms with van der Waals surface area (Å²) >= 11 is 0. The zero-order chi connectivity index (χ0) is 32.8. The highest BCUT2D eigenvalue weighted by Crippen LogP contribution is 2.46. The second-order valence-electron chi connectivity index (χ2n) is 11.9. The average molecular weight is 646 g/mol. The van der Waals surface area contributed by atoms with Crippen LogP contribution in [0.1, 0.15) is 71.1 Å². The molecule has 0 aliphatic carbocycles. The van der Waals surface area contributed by atoms with Crippen molar-refractivity contribution in [3.05, 3.63) is 124 Å². The third-order valence-electron chi connectivity index (χ3n) is 8.88. The first-order valence-corrected chi connectivity index (χ1v) is 14.8. The largest absolute Gasteiger partial charge is 0.416 e. The van der Waals surface area contributed by atoms with Crippen LogP contribution in [0.25, 0.3) is 0 Å². The Morgan fingerprint density at radius 2 is 1.57 bits per heavy atom. The third kappa shape index (κ3) is 6.67. The van der Waals surface area contributed by atoms with E-state index in [1.165, 1.54) is 19.1 Å². The number of nitrogens with zero attached hydrogens (tertiary/aromatic N) is 3. The number of carbonyl (C=O) groups is 1. The van der Waals surface area contributed by atoms with Crippen molar-refractivity contribution in [3.8, 4) is 0 Å². The molecule has 3 heterocycles. The lowest BCUT2D eigenvalue weighted by Crippen LogP contribution is -2.43. The van der Waals surface area contributed by atoms with Gasteiger partial charge in [0.25, 0.3) is 0 Å². The molecule has 1 aromatic heterocycles. The van der Waals surface area contributed by atoms with Crippen LogP contribution >= 0.6 is 0 Å². The number of benzene rings is 3. The Kier molecular flexibility index (Phi) is 8.43. The number of rotatable bonds is 7. The molecule has 12 heteroatoms. The van der Waals surface area contributed by atoms with Gasteiger partial charge in [0.05, 0.1) is 36.1 Å². The molecule has 1 amide bonds. The number of halogens is 7. The molecule has 0 bridgehead atoms. The quantitative estimate of drug-likeness (QED) is 0.191. The van der Waals surface area contributed by atoms with E-state index < -0.39 is 53.5 Å². The summed E-state index contributed by atoms with van der Waals surface area (Å²) in [5.74, 6) is -1.32. The molecule has 2 aliphatic heterocycles. The molecular formula is C34H30F7N3O2. The Balaban J connectivity index is 1.28. The molecule has 5 nitrogen and oxygen atoms in total. The predicted molar refractivity (Wildman–Crippen MR) is 154 cm³/mol. The van der Waals surface area contributed by atoms with Gasteiger partial charge in [-0.15, -0.1) is 0 Å². The highest BCUT2D eigenvalue weighted by atomic mass is 19.4. The van der Waals surface area contributed by atoms with Crippen molar-refractivity contribution in [1.82, 2.24) is 14.7 Å². The number of aromatic nitrogens is 2.